The van der Waals surface area contributed by atoms with E-state index in [2.05, 4.69) is 15.1 Å². The molecule has 0 radical (unpaired) electrons. The second-order valence-electron chi connectivity index (χ2n) is 6.21. The predicted octanol–water partition coefficient (Wildman–Crippen LogP) is 4.09. The molecular formula is C19H17ClN4OS. The molecule has 1 aliphatic carbocycles. The average Bonchev–Trinajstić information content (AvgIpc) is 3.25. The molecule has 1 aliphatic rings. The molecule has 0 amide bonds. The van der Waals surface area contributed by atoms with Crippen molar-refractivity contribution in [1.82, 2.24) is 19.7 Å². The van der Waals surface area contributed by atoms with Gasteiger partial charge in [-0.25, -0.2) is 14.6 Å². The number of fused-ring (bicyclic) bond motifs is 1. The van der Waals surface area contributed by atoms with E-state index >= 15 is 0 Å². The van der Waals surface area contributed by atoms with E-state index in [1.165, 1.54) is 29.3 Å². The van der Waals surface area contributed by atoms with Crippen molar-refractivity contribution in [2.45, 2.75) is 31.2 Å². The first-order chi connectivity index (χ1) is 12.6. The van der Waals surface area contributed by atoms with E-state index in [0.29, 0.717) is 16.3 Å². The van der Waals surface area contributed by atoms with Crippen LogP contribution in [0.25, 0.3) is 5.82 Å². The molecule has 2 aromatic heterocycles. The Labute approximate surface area is 160 Å². The van der Waals surface area contributed by atoms with E-state index in [-0.39, 0.29) is 5.78 Å². The van der Waals surface area contributed by atoms with Gasteiger partial charge in [-0.3, -0.25) is 4.79 Å². The number of benzene rings is 1. The van der Waals surface area contributed by atoms with Crippen molar-refractivity contribution in [3.63, 3.8) is 0 Å². The molecule has 132 valence electrons. The van der Waals surface area contributed by atoms with E-state index in [0.717, 1.165) is 35.8 Å². The smallest absolute Gasteiger partial charge is 0.173 e. The highest BCUT2D eigenvalue weighted by Crippen LogP contribution is 2.27. The fourth-order valence-electron chi connectivity index (χ4n) is 3.19. The molecule has 26 heavy (non-hydrogen) atoms. The van der Waals surface area contributed by atoms with Crippen LogP contribution in [0.2, 0.25) is 5.02 Å². The lowest BCUT2D eigenvalue weighted by Crippen LogP contribution is -2.06. The summed E-state index contributed by atoms with van der Waals surface area (Å²) in [5.41, 5.74) is 4.31. The molecular weight excluding hydrogens is 368 g/mol. The van der Waals surface area contributed by atoms with Gasteiger partial charge in [-0.1, -0.05) is 23.4 Å². The first-order valence-electron chi connectivity index (χ1n) is 8.43. The Morgan fingerprint density at radius 1 is 1.23 bits per heavy atom. The highest BCUT2D eigenvalue weighted by Gasteiger charge is 2.21. The van der Waals surface area contributed by atoms with E-state index in [4.69, 9.17) is 11.6 Å². The van der Waals surface area contributed by atoms with Gasteiger partial charge in [0.2, 0.25) is 0 Å². The van der Waals surface area contributed by atoms with E-state index in [9.17, 15) is 4.79 Å². The van der Waals surface area contributed by atoms with Crippen LogP contribution in [0.15, 0.2) is 41.7 Å². The third kappa shape index (κ3) is 3.39. The number of hydrogen-bond donors (Lipinski definition) is 0. The molecule has 4 rings (SSSR count). The first-order valence-corrected chi connectivity index (χ1v) is 9.79. The molecule has 0 atom stereocenters. The van der Waals surface area contributed by atoms with Crippen molar-refractivity contribution in [1.29, 1.82) is 0 Å². The van der Waals surface area contributed by atoms with Crippen molar-refractivity contribution in [2.75, 3.05) is 5.75 Å². The molecule has 0 saturated heterocycles. The van der Waals surface area contributed by atoms with Gasteiger partial charge >= 0.3 is 0 Å². The normalized spacial score (nSPS) is 13.0. The number of hydrogen-bond acceptors (Lipinski definition) is 5. The Bertz CT molecular complexity index is 968. The van der Waals surface area contributed by atoms with Crippen LogP contribution in [0.3, 0.4) is 0 Å². The second-order valence-corrected chi connectivity index (χ2v) is 7.64. The zero-order chi connectivity index (χ0) is 18.1. The van der Waals surface area contributed by atoms with Crippen LogP contribution in [0, 0.1) is 6.92 Å². The minimum absolute atomic E-state index is 0.0441. The summed E-state index contributed by atoms with van der Waals surface area (Å²) in [6.45, 7) is 2.04. The first kappa shape index (κ1) is 17.2. The van der Waals surface area contributed by atoms with E-state index in [1.54, 1.807) is 24.3 Å². The third-order valence-corrected chi connectivity index (χ3v) is 5.67. The minimum atomic E-state index is 0.0441. The van der Waals surface area contributed by atoms with Gasteiger partial charge in [0.25, 0.3) is 0 Å². The molecule has 0 spiro atoms. The van der Waals surface area contributed by atoms with Crippen molar-refractivity contribution >= 4 is 29.1 Å². The largest absolute Gasteiger partial charge is 0.293 e. The quantitative estimate of drug-likeness (QED) is 0.376. The number of rotatable bonds is 5. The number of ketones is 1. The number of Topliss-reactive ketones (excluding diaryl/α,β-unsaturated/α-hetero) is 1. The maximum Gasteiger partial charge on any atom is 0.173 e. The molecule has 3 aromatic rings. The topological polar surface area (TPSA) is 60.7 Å². The standard InChI is InChI=1S/C19H17ClN4OS/c1-12-15-3-2-4-16(15)24(23-12)18-9-19(22-11-21-18)26-10-17(25)13-5-7-14(20)8-6-13/h5-9,11H,2-4,10H2,1H3. The van der Waals surface area contributed by atoms with Gasteiger partial charge in [0.05, 0.1) is 11.4 Å². The maximum absolute atomic E-state index is 12.3. The second kappa shape index (κ2) is 7.21. The van der Waals surface area contributed by atoms with Crippen LogP contribution in [0.4, 0.5) is 0 Å². The van der Waals surface area contributed by atoms with E-state index < -0.39 is 0 Å². The monoisotopic (exact) mass is 384 g/mol. The van der Waals surface area contributed by atoms with Gasteiger partial charge in [0.15, 0.2) is 11.6 Å². The zero-order valence-electron chi connectivity index (χ0n) is 14.3. The molecule has 0 saturated carbocycles. The number of halogens is 1. The average molecular weight is 385 g/mol. The molecule has 0 fully saturated rings. The Hall–Kier alpha value is -2.18. The fourth-order valence-corrected chi connectivity index (χ4v) is 4.08. The lowest BCUT2D eigenvalue weighted by Gasteiger charge is -2.06. The molecule has 2 heterocycles. The van der Waals surface area contributed by atoms with Crippen LogP contribution >= 0.6 is 23.4 Å². The summed E-state index contributed by atoms with van der Waals surface area (Å²) in [4.78, 5) is 21.0. The number of carbonyl (C=O) groups excluding carboxylic acids is 1. The SMILES string of the molecule is Cc1nn(-c2cc(SCC(=O)c3ccc(Cl)cc3)ncn2)c2c1CCC2. The van der Waals surface area contributed by atoms with Crippen molar-refractivity contribution in [3.05, 3.63) is 64.2 Å². The van der Waals surface area contributed by atoms with Crippen LogP contribution in [-0.2, 0) is 12.8 Å². The number of carbonyl (C=O) groups is 1. The zero-order valence-corrected chi connectivity index (χ0v) is 15.8. The molecule has 5 nitrogen and oxygen atoms in total. The molecule has 0 aliphatic heterocycles. The van der Waals surface area contributed by atoms with Gasteiger partial charge < -0.3 is 0 Å². The Balaban J connectivity index is 1.51. The van der Waals surface area contributed by atoms with Crippen molar-refractivity contribution in [2.24, 2.45) is 0 Å². The molecule has 1 aromatic carbocycles. The third-order valence-electron chi connectivity index (χ3n) is 4.49. The molecule has 0 bridgehead atoms. The summed E-state index contributed by atoms with van der Waals surface area (Å²) in [6, 6.07) is 8.83. The maximum atomic E-state index is 12.3. The minimum Gasteiger partial charge on any atom is -0.293 e. The van der Waals surface area contributed by atoms with Crippen LogP contribution in [0.5, 0.6) is 0 Å². The Kier molecular flexibility index (Phi) is 4.78. The van der Waals surface area contributed by atoms with E-state index in [1.807, 2.05) is 17.7 Å². The predicted molar refractivity (Wildman–Crippen MR) is 102 cm³/mol. The van der Waals surface area contributed by atoms with Crippen LogP contribution in [0.1, 0.15) is 33.7 Å². The Morgan fingerprint density at radius 2 is 2.04 bits per heavy atom. The summed E-state index contributed by atoms with van der Waals surface area (Å²) in [6.07, 6.45) is 4.81. The number of aryl methyl sites for hydroxylation is 1. The van der Waals surface area contributed by atoms with Crippen LogP contribution in [-0.4, -0.2) is 31.3 Å². The van der Waals surface area contributed by atoms with Gasteiger partial charge in [-0.15, -0.1) is 0 Å². The summed E-state index contributed by atoms with van der Waals surface area (Å²) in [5.74, 6) is 1.12. The number of nitrogens with zero attached hydrogens (tertiary/aromatic N) is 4. The van der Waals surface area contributed by atoms with Gasteiger partial charge in [0, 0.05) is 22.3 Å². The van der Waals surface area contributed by atoms with Crippen molar-refractivity contribution < 1.29 is 4.79 Å². The fraction of sp³-hybridized carbons (Fsp3) is 0.263. The summed E-state index contributed by atoms with van der Waals surface area (Å²) >= 11 is 7.27. The Morgan fingerprint density at radius 3 is 2.85 bits per heavy atom. The summed E-state index contributed by atoms with van der Waals surface area (Å²) in [5, 5.41) is 6.02. The van der Waals surface area contributed by atoms with Crippen molar-refractivity contribution in [3.8, 4) is 5.82 Å². The number of aromatic nitrogens is 4. The molecule has 0 unspecified atom stereocenters. The van der Waals surface area contributed by atoms with Crippen LogP contribution < -0.4 is 0 Å². The molecule has 0 N–H and O–H groups in total. The highest BCUT2D eigenvalue weighted by molar-refractivity contribution is 7.99. The summed E-state index contributed by atoms with van der Waals surface area (Å²) < 4.78 is 1.92. The number of thioether (sulfide) groups is 1. The van der Waals surface area contributed by atoms with Gasteiger partial charge in [-0.05, 0) is 56.0 Å². The molecule has 7 heteroatoms. The lowest BCUT2D eigenvalue weighted by atomic mass is 10.1. The van der Waals surface area contributed by atoms with Gasteiger partial charge in [-0.2, -0.15) is 5.10 Å². The lowest BCUT2D eigenvalue weighted by molar-refractivity contribution is 0.102. The summed E-state index contributed by atoms with van der Waals surface area (Å²) in [7, 11) is 0. The van der Waals surface area contributed by atoms with Gasteiger partial charge in [0.1, 0.15) is 11.4 Å². The highest BCUT2D eigenvalue weighted by atomic mass is 35.5.